The van der Waals surface area contributed by atoms with Crippen molar-refractivity contribution >= 4 is 21.9 Å². The lowest BCUT2D eigenvalue weighted by atomic mass is 10.0. The fourth-order valence-electron chi connectivity index (χ4n) is 2.69. The normalized spacial score (nSPS) is 11.5. The lowest BCUT2D eigenvalue weighted by Crippen LogP contribution is -2.15. The van der Waals surface area contributed by atoms with E-state index in [1.54, 1.807) is 30.5 Å². The second-order valence-electron chi connectivity index (χ2n) is 5.80. The van der Waals surface area contributed by atoms with Gasteiger partial charge in [0.25, 0.3) is 0 Å². The number of hydrazone groups is 1. The maximum atomic E-state index is 12.6. The van der Waals surface area contributed by atoms with Crippen molar-refractivity contribution < 1.29 is 8.42 Å². The summed E-state index contributed by atoms with van der Waals surface area (Å²) in [4.78, 5) is 0. The van der Waals surface area contributed by atoms with E-state index in [0.717, 1.165) is 22.3 Å². The zero-order valence-electron chi connectivity index (χ0n) is 14.0. The van der Waals surface area contributed by atoms with Gasteiger partial charge in [-0.05, 0) is 28.8 Å². The van der Waals surface area contributed by atoms with Gasteiger partial charge in [0.2, 0.25) is 10.0 Å². The molecule has 5 nitrogen and oxygen atoms in total. The van der Waals surface area contributed by atoms with Gasteiger partial charge in [-0.1, -0.05) is 66.7 Å². The number of nitrogens with zero attached hydrogens (tertiary/aromatic N) is 1. The Balaban J connectivity index is 1.91. The molecule has 132 valence electrons. The number of hydrogen-bond donors (Lipinski definition) is 2. The number of rotatable bonds is 6. The Morgan fingerprint density at radius 3 is 2.42 bits per heavy atom. The first-order chi connectivity index (χ1) is 12.6. The fourth-order valence-corrected chi connectivity index (χ4v) is 3.91. The zero-order valence-corrected chi connectivity index (χ0v) is 14.9. The lowest BCUT2D eigenvalue weighted by Gasteiger charge is -2.13. The summed E-state index contributed by atoms with van der Waals surface area (Å²) in [5.41, 5.74) is 3.77. The number of benzene rings is 3. The first-order valence-corrected chi connectivity index (χ1v) is 9.70. The summed E-state index contributed by atoms with van der Waals surface area (Å²) in [6.07, 6.45) is 1.55. The summed E-state index contributed by atoms with van der Waals surface area (Å²) in [6, 6.07) is 24.0. The molecule has 3 aromatic rings. The van der Waals surface area contributed by atoms with Crippen molar-refractivity contribution in [1.29, 1.82) is 0 Å². The molecule has 0 spiro atoms. The van der Waals surface area contributed by atoms with Gasteiger partial charge in [-0.3, -0.25) is 4.72 Å². The van der Waals surface area contributed by atoms with E-state index < -0.39 is 10.0 Å². The Hall–Kier alpha value is -3.12. The van der Waals surface area contributed by atoms with Crippen LogP contribution in [-0.2, 0) is 15.8 Å². The smallest absolute Gasteiger partial charge is 0.236 e. The highest BCUT2D eigenvalue weighted by Gasteiger charge is 2.14. The van der Waals surface area contributed by atoms with Crippen molar-refractivity contribution in [2.75, 3.05) is 4.72 Å². The second kappa shape index (κ2) is 7.84. The molecule has 0 aliphatic rings. The van der Waals surface area contributed by atoms with Crippen LogP contribution in [0.3, 0.4) is 0 Å². The first-order valence-electron chi connectivity index (χ1n) is 8.04. The van der Waals surface area contributed by atoms with Crippen LogP contribution in [0.25, 0.3) is 11.1 Å². The highest BCUT2D eigenvalue weighted by molar-refractivity contribution is 7.91. The Bertz CT molecular complexity index is 1020. The SMILES string of the molecule is N/N=C/c1cccc(-c2ccccc2NS(=O)(=O)Cc2ccccc2)c1. The van der Waals surface area contributed by atoms with Crippen LogP contribution in [0.2, 0.25) is 0 Å². The minimum absolute atomic E-state index is 0.0813. The van der Waals surface area contributed by atoms with Gasteiger partial charge in [-0.2, -0.15) is 5.10 Å². The molecule has 3 rings (SSSR count). The molecule has 0 atom stereocenters. The van der Waals surface area contributed by atoms with E-state index in [0.29, 0.717) is 5.69 Å². The molecule has 0 aromatic heterocycles. The van der Waals surface area contributed by atoms with Crippen LogP contribution in [0, 0.1) is 0 Å². The van der Waals surface area contributed by atoms with Crippen molar-refractivity contribution in [1.82, 2.24) is 0 Å². The molecule has 0 radical (unpaired) electrons. The van der Waals surface area contributed by atoms with E-state index in [2.05, 4.69) is 9.82 Å². The molecule has 0 fully saturated rings. The van der Waals surface area contributed by atoms with E-state index in [1.165, 1.54) is 0 Å². The highest BCUT2D eigenvalue weighted by Crippen LogP contribution is 2.29. The predicted molar refractivity (Wildman–Crippen MR) is 106 cm³/mol. The van der Waals surface area contributed by atoms with E-state index in [-0.39, 0.29) is 5.75 Å². The van der Waals surface area contributed by atoms with Crippen LogP contribution < -0.4 is 10.6 Å². The molecule has 0 aliphatic carbocycles. The second-order valence-corrected chi connectivity index (χ2v) is 7.52. The van der Waals surface area contributed by atoms with Crippen LogP contribution >= 0.6 is 0 Å². The average Bonchev–Trinajstić information content (AvgIpc) is 2.63. The molecule has 0 aliphatic heterocycles. The minimum atomic E-state index is -3.53. The molecule has 6 heteroatoms. The Kier molecular flexibility index (Phi) is 5.34. The Morgan fingerprint density at radius 2 is 1.65 bits per heavy atom. The third kappa shape index (κ3) is 4.49. The predicted octanol–water partition coefficient (Wildman–Crippen LogP) is 3.59. The summed E-state index contributed by atoms with van der Waals surface area (Å²) >= 11 is 0. The van der Waals surface area contributed by atoms with Crippen LogP contribution in [0.5, 0.6) is 0 Å². The van der Waals surface area contributed by atoms with Crippen molar-refractivity contribution in [2.45, 2.75) is 5.75 Å². The summed E-state index contributed by atoms with van der Waals surface area (Å²) < 4.78 is 27.8. The monoisotopic (exact) mass is 365 g/mol. The van der Waals surface area contributed by atoms with Crippen LogP contribution in [0.1, 0.15) is 11.1 Å². The molecule has 0 amide bonds. The number of nitrogens with one attached hydrogen (secondary N) is 1. The number of nitrogens with two attached hydrogens (primary N) is 1. The summed E-state index contributed by atoms with van der Waals surface area (Å²) in [6.45, 7) is 0. The summed E-state index contributed by atoms with van der Waals surface area (Å²) in [5, 5.41) is 3.53. The molecular weight excluding hydrogens is 346 g/mol. The molecule has 0 saturated carbocycles. The van der Waals surface area contributed by atoms with Gasteiger partial charge >= 0.3 is 0 Å². The first kappa shape index (κ1) is 17.7. The van der Waals surface area contributed by atoms with Gasteiger partial charge in [0.1, 0.15) is 0 Å². The minimum Gasteiger partial charge on any atom is -0.323 e. The van der Waals surface area contributed by atoms with E-state index >= 15 is 0 Å². The highest BCUT2D eigenvalue weighted by atomic mass is 32.2. The molecular formula is C20H19N3O2S. The van der Waals surface area contributed by atoms with Crippen LogP contribution in [0.4, 0.5) is 5.69 Å². The summed E-state index contributed by atoms with van der Waals surface area (Å²) in [7, 11) is -3.53. The number of anilines is 1. The van der Waals surface area contributed by atoms with Crippen molar-refractivity contribution in [3.05, 3.63) is 90.0 Å². The zero-order chi connectivity index (χ0) is 18.4. The Labute approximate surface area is 153 Å². The Morgan fingerprint density at radius 1 is 0.923 bits per heavy atom. The maximum absolute atomic E-state index is 12.6. The molecule has 3 N–H and O–H groups in total. The maximum Gasteiger partial charge on any atom is 0.236 e. The van der Waals surface area contributed by atoms with Gasteiger partial charge in [0.15, 0.2) is 0 Å². The largest absolute Gasteiger partial charge is 0.323 e. The van der Waals surface area contributed by atoms with Gasteiger partial charge in [0, 0.05) is 5.56 Å². The third-order valence-corrected chi connectivity index (χ3v) is 5.06. The van der Waals surface area contributed by atoms with Gasteiger partial charge < -0.3 is 5.84 Å². The quantitative estimate of drug-likeness (QED) is 0.398. The third-order valence-electron chi connectivity index (χ3n) is 3.81. The lowest BCUT2D eigenvalue weighted by molar-refractivity contribution is 0.600. The standard InChI is InChI=1S/C20H19N3O2S/c21-22-14-17-9-6-10-18(13-17)19-11-4-5-12-20(19)23-26(24,25)15-16-7-2-1-3-8-16/h1-14,23H,15,21H2/b22-14+. The van der Waals surface area contributed by atoms with Crippen LogP contribution in [-0.4, -0.2) is 14.6 Å². The molecule has 3 aromatic carbocycles. The fraction of sp³-hybridized carbons (Fsp3) is 0.0500. The van der Waals surface area contributed by atoms with E-state index in [1.807, 2.05) is 54.6 Å². The van der Waals surface area contributed by atoms with Gasteiger partial charge in [-0.15, -0.1) is 0 Å². The topological polar surface area (TPSA) is 84.5 Å². The van der Waals surface area contributed by atoms with Crippen molar-refractivity contribution in [2.24, 2.45) is 10.9 Å². The number of hydrogen-bond acceptors (Lipinski definition) is 4. The van der Waals surface area contributed by atoms with E-state index in [4.69, 9.17) is 5.84 Å². The molecule has 0 saturated heterocycles. The number of para-hydroxylation sites is 1. The molecule has 0 bridgehead atoms. The molecule has 26 heavy (non-hydrogen) atoms. The van der Waals surface area contributed by atoms with Crippen molar-refractivity contribution in [3.8, 4) is 11.1 Å². The molecule has 0 unspecified atom stereocenters. The van der Waals surface area contributed by atoms with Gasteiger partial charge in [0.05, 0.1) is 17.7 Å². The molecule has 0 heterocycles. The number of sulfonamides is 1. The van der Waals surface area contributed by atoms with Crippen molar-refractivity contribution in [3.63, 3.8) is 0 Å². The summed E-state index contributed by atoms with van der Waals surface area (Å²) in [5.74, 6) is 5.13. The van der Waals surface area contributed by atoms with Crippen LogP contribution in [0.15, 0.2) is 84.0 Å². The van der Waals surface area contributed by atoms with E-state index in [9.17, 15) is 8.42 Å². The van der Waals surface area contributed by atoms with Gasteiger partial charge in [-0.25, -0.2) is 8.42 Å². The average molecular weight is 365 g/mol.